The zero-order valence-electron chi connectivity index (χ0n) is 27.5. The summed E-state index contributed by atoms with van der Waals surface area (Å²) in [6.07, 6.45) is 0. The van der Waals surface area contributed by atoms with Crippen LogP contribution in [-0.2, 0) is 10.8 Å². The molecule has 46 heavy (non-hydrogen) atoms. The molecule has 0 radical (unpaired) electrons. The van der Waals surface area contributed by atoms with Crippen LogP contribution in [0.15, 0.2) is 121 Å². The fraction of sp³-hybridized carbons (Fsp3) is 0.156. The van der Waals surface area contributed by atoms with Gasteiger partial charge >= 0.3 is 0 Å². The Kier molecular flexibility index (Phi) is 5.57. The van der Waals surface area contributed by atoms with Crippen molar-refractivity contribution < 1.29 is 0 Å². The summed E-state index contributed by atoms with van der Waals surface area (Å²) in [6.45, 7) is 11.9. The zero-order chi connectivity index (χ0) is 31.5. The van der Waals surface area contributed by atoms with Crippen LogP contribution in [0.5, 0.6) is 0 Å². The van der Waals surface area contributed by atoms with Gasteiger partial charge in [-0.3, -0.25) is 0 Å². The van der Waals surface area contributed by atoms with Gasteiger partial charge < -0.3 is 0 Å². The van der Waals surface area contributed by atoms with Crippen molar-refractivity contribution in [3.63, 3.8) is 0 Å². The predicted molar refractivity (Wildman–Crippen MR) is 200 cm³/mol. The maximum Gasteiger partial charge on any atom is 0.139 e. The van der Waals surface area contributed by atoms with Crippen LogP contribution in [0.2, 0.25) is 0 Å². The monoisotopic (exact) mass is 588 g/mol. The standard InChI is InChI=1S/C45H37B/c1-26-14-16-27(17-15-26)38-34-24-22-33-31-11-7-9-13-37(31)45(4,5)43(33)41(34)39(28-18-20-29(46)21-19-28)35-25-23-32-30-10-6-8-12-36(30)44(2,3)42(32)40(35)38/h6-25H,46H2,1-5H3. The van der Waals surface area contributed by atoms with Crippen LogP contribution in [-0.4, -0.2) is 7.85 Å². The summed E-state index contributed by atoms with van der Waals surface area (Å²) in [6, 6.07) is 46.3. The lowest BCUT2D eigenvalue weighted by molar-refractivity contribution is 0.665. The summed E-state index contributed by atoms with van der Waals surface area (Å²) in [4.78, 5) is 0. The summed E-state index contributed by atoms with van der Waals surface area (Å²) in [5.74, 6) is 0. The Morgan fingerprint density at radius 2 is 0.848 bits per heavy atom. The fourth-order valence-corrected chi connectivity index (χ4v) is 8.99. The Hall–Kier alpha value is -4.88. The van der Waals surface area contributed by atoms with Crippen molar-refractivity contribution in [2.75, 3.05) is 0 Å². The molecule has 0 aliphatic heterocycles. The number of hydrogen-bond acceptors (Lipinski definition) is 0. The number of rotatable bonds is 2. The van der Waals surface area contributed by atoms with Crippen molar-refractivity contribution in [2.24, 2.45) is 0 Å². The lowest BCUT2D eigenvalue weighted by atomic mass is 9.73. The summed E-state index contributed by atoms with van der Waals surface area (Å²) in [7, 11) is 2.19. The van der Waals surface area contributed by atoms with Gasteiger partial charge in [0.1, 0.15) is 7.85 Å². The average Bonchev–Trinajstić information content (AvgIpc) is 3.44. The minimum atomic E-state index is -0.144. The molecule has 0 unspecified atom stereocenters. The van der Waals surface area contributed by atoms with E-state index in [-0.39, 0.29) is 10.8 Å². The van der Waals surface area contributed by atoms with Crippen LogP contribution in [0.3, 0.4) is 0 Å². The molecule has 0 aromatic heterocycles. The van der Waals surface area contributed by atoms with Gasteiger partial charge in [0, 0.05) is 10.8 Å². The molecule has 0 amide bonds. The molecule has 0 heterocycles. The van der Waals surface area contributed by atoms with Crippen LogP contribution in [0, 0.1) is 6.92 Å². The van der Waals surface area contributed by atoms with Crippen LogP contribution >= 0.6 is 0 Å². The molecule has 1 heteroatoms. The molecule has 220 valence electrons. The number of aryl methyl sites for hydroxylation is 1. The van der Waals surface area contributed by atoms with Crippen molar-refractivity contribution in [1.82, 2.24) is 0 Å². The minimum Gasteiger partial charge on any atom is -0.0889 e. The summed E-state index contributed by atoms with van der Waals surface area (Å²) < 4.78 is 0. The fourth-order valence-electron chi connectivity index (χ4n) is 8.99. The van der Waals surface area contributed by atoms with Gasteiger partial charge in [-0.05, 0) is 95.2 Å². The van der Waals surface area contributed by atoms with E-state index in [2.05, 4.69) is 164 Å². The second kappa shape index (κ2) is 9.33. The Labute approximate surface area is 273 Å². The van der Waals surface area contributed by atoms with E-state index in [1.54, 1.807) is 0 Å². The predicted octanol–water partition coefficient (Wildman–Crippen LogP) is 10.5. The highest BCUT2D eigenvalue weighted by atomic mass is 14.4. The maximum atomic E-state index is 2.44. The molecule has 2 aliphatic carbocycles. The van der Waals surface area contributed by atoms with Crippen molar-refractivity contribution in [3.8, 4) is 44.5 Å². The third-order valence-corrected chi connectivity index (χ3v) is 11.2. The van der Waals surface area contributed by atoms with E-state index in [4.69, 9.17) is 0 Å². The first-order chi connectivity index (χ1) is 22.2. The van der Waals surface area contributed by atoms with Crippen LogP contribution in [0.1, 0.15) is 55.5 Å². The molecule has 0 saturated heterocycles. The molecular formula is C45H37B. The zero-order valence-corrected chi connectivity index (χ0v) is 27.5. The average molecular weight is 589 g/mol. The van der Waals surface area contributed by atoms with E-state index in [0.29, 0.717) is 0 Å². The second-order valence-corrected chi connectivity index (χ2v) is 14.6. The molecule has 0 fully saturated rings. The van der Waals surface area contributed by atoms with Gasteiger partial charge in [0.25, 0.3) is 0 Å². The molecule has 0 bridgehead atoms. The Bertz CT molecular complexity index is 2230. The first-order valence-electron chi connectivity index (χ1n) is 16.6. The number of fused-ring (bicyclic) bond motifs is 10. The molecule has 9 rings (SSSR count). The van der Waals surface area contributed by atoms with Crippen molar-refractivity contribution in [3.05, 3.63) is 149 Å². The van der Waals surface area contributed by atoms with Gasteiger partial charge in [0.15, 0.2) is 0 Å². The molecule has 0 nitrogen and oxygen atoms in total. The van der Waals surface area contributed by atoms with E-state index in [1.165, 1.54) is 99.3 Å². The topological polar surface area (TPSA) is 0 Å². The molecule has 7 aromatic rings. The highest BCUT2D eigenvalue weighted by Gasteiger charge is 2.41. The van der Waals surface area contributed by atoms with Gasteiger partial charge in [0.2, 0.25) is 0 Å². The third-order valence-electron chi connectivity index (χ3n) is 11.2. The van der Waals surface area contributed by atoms with Gasteiger partial charge in [0.05, 0.1) is 0 Å². The van der Waals surface area contributed by atoms with E-state index >= 15 is 0 Å². The van der Waals surface area contributed by atoms with Gasteiger partial charge in [-0.2, -0.15) is 0 Å². The third kappa shape index (κ3) is 3.52. The van der Waals surface area contributed by atoms with Crippen molar-refractivity contribution in [1.29, 1.82) is 0 Å². The summed E-state index contributed by atoms with van der Waals surface area (Å²) >= 11 is 0. The molecule has 2 aliphatic rings. The van der Waals surface area contributed by atoms with Crippen LogP contribution in [0.4, 0.5) is 0 Å². The minimum absolute atomic E-state index is 0.144. The Morgan fingerprint density at radius 1 is 0.435 bits per heavy atom. The molecule has 0 spiro atoms. The molecule has 7 aromatic carbocycles. The second-order valence-electron chi connectivity index (χ2n) is 14.6. The maximum absolute atomic E-state index is 2.44. The summed E-state index contributed by atoms with van der Waals surface area (Å²) in [5, 5.41) is 5.45. The summed E-state index contributed by atoms with van der Waals surface area (Å²) in [5.41, 5.74) is 18.7. The molecule has 0 atom stereocenters. The molecule has 0 saturated carbocycles. The van der Waals surface area contributed by atoms with E-state index < -0.39 is 0 Å². The normalized spacial score (nSPS) is 15.1. The van der Waals surface area contributed by atoms with Crippen molar-refractivity contribution in [2.45, 2.75) is 45.4 Å². The Balaban J connectivity index is 1.56. The van der Waals surface area contributed by atoms with E-state index in [1.807, 2.05) is 0 Å². The number of hydrogen-bond donors (Lipinski definition) is 0. The van der Waals surface area contributed by atoms with Crippen molar-refractivity contribution >= 4 is 34.9 Å². The molecule has 0 N–H and O–H groups in total. The van der Waals surface area contributed by atoms with Crippen LogP contribution < -0.4 is 5.46 Å². The van der Waals surface area contributed by atoms with Gasteiger partial charge in [-0.25, -0.2) is 0 Å². The largest absolute Gasteiger partial charge is 0.139 e. The highest BCUT2D eigenvalue weighted by molar-refractivity contribution is 6.32. The Morgan fingerprint density at radius 3 is 1.30 bits per heavy atom. The number of benzene rings is 7. The smallest absolute Gasteiger partial charge is 0.0889 e. The first-order valence-corrected chi connectivity index (χ1v) is 16.6. The SMILES string of the molecule is Bc1ccc(-c2c3ccc4c(c3c(-c3ccc(C)cc3)c3ccc5c(c23)C(C)(C)c2ccccc2-5)C(C)(C)c2ccccc2-4)cc1. The lowest BCUT2D eigenvalue weighted by Crippen LogP contribution is -2.17. The first kappa shape index (κ1) is 27.4. The van der Waals surface area contributed by atoms with Gasteiger partial charge in [-0.1, -0.05) is 160 Å². The highest BCUT2D eigenvalue weighted by Crippen LogP contribution is 2.59. The van der Waals surface area contributed by atoms with E-state index in [9.17, 15) is 0 Å². The van der Waals surface area contributed by atoms with Gasteiger partial charge in [-0.15, -0.1) is 0 Å². The van der Waals surface area contributed by atoms with Crippen LogP contribution in [0.25, 0.3) is 66.1 Å². The van der Waals surface area contributed by atoms with E-state index in [0.717, 1.165) is 0 Å². The molecular weight excluding hydrogens is 551 g/mol. The quantitative estimate of drug-likeness (QED) is 0.139. The lowest BCUT2D eigenvalue weighted by Gasteiger charge is -2.29.